The number of rotatable bonds is 6. The van der Waals surface area contributed by atoms with Crippen molar-refractivity contribution in [2.75, 3.05) is 6.54 Å². The summed E-state index contributed by atoms with van der Waals surface area (Å²) in [6.07, 6.45) is 11.4. The first-order valence-electron chi connectivity index (χ1n) is 9.52. The number of nitrogens with one attached hydrogen (secondary N) is 1. The van der Waals surface area contributed by atoms with Crippen LogP contribution in [0.15, 0.2) is 0 Å². The fourth-order valence-electron chi connectivity index (χ4n) is 4.17. The summed E-state index contributed by atoms with van der Waals surface area (Å²) in [5.74, 6) is 2.60. The van der Waals surface area contributed by atoms with E-state index in [1.54, 1.807) is 0 Å². The van der Waals surface area contributed by atoms with E-state index in [2.05, 4.69) is 33.0 Å². The van der Waals surface area contributed by atoms with Crippen molar-refractivity contribution in [3.05, 3.63) is 0 Å². The Morgan fingerprint density at radius 1 is 0.952 bits per heavy atom. The standard InChI is InChI=1S/C19H37NO/c1-5-11-20-18-10-8-16(6-2)13-19(18)21-17-9-7-14(3)15(4)12-17/h14-20H,5-13H2,1-4H3. The van der Waals surface area contributed by atoms with Crippen molar-refractivity contribution >= 4 is 0 Å². The number of ether oxygens (including phenoxy) is 1. The van der Waals surface area contributed by atoms with Gasteiger partial charge in [-0.2, -0.15) is 0 Å². The van der Waals surface area contributed by atoms with Crippen LogP contribution in [0.25, 0.3) is 0 Å². The van der Waals surface area contributed by atoms with Gasteiger partial charge in [-0.15, -0.1) is 0 Å². The van der Waals surface area contributed by atoms with E-state index >= 15 is 0 Å². The van der Waals surface area contributed by atoms with Gasteiger partial charge in [-0.1, -0.05) is 34.1 Å². The van der Waals surface area contributed by atoms with E-state index in [-0.39, 0.29) is 0 Å². The van der Waals surface area contributed by atoms with E-state index in [9.17, 15) is 0 Å². The van der Waals surface area contributed by atoms with Crippen molar-refractivity contribution < 1.29 is 4.74 Å². The van der Waals surface area contributed by atoms with Crippen molar-refractivity contribution in [1.29, 1.82) is 0 Å². The van der Waals surface area contributed by atoms with Gasteiger partial charge in [0.15, 0.2) is 0 Å². The Morgan fingerprint density at radius 2 is 1.76 bits per heavy atom. The molecule has 6 atom stereocenters. The van der Waals surface area contributed by atoms with Gasteiger partial charge in [-0.3, -0.25) is 0 Å². The van der Waals surface area contributed by atoms with Gasteiger partial charge in [0.05, 0.1) is 12.2 Å². The Balaban J connectivity index is 1.89. The smallest absolute Gasteiger partial charge is 0.0734 e. The maximum atomic E-state index is 6.63. The molecule has 0 radical (unpaired) electrons. The Hall–Kier alpha value is -0.0800. The van der Waals surface area contributed by atoms with Crippen LogP contribution in [0.2, 0.25) is 0 Å². The maximum absolute atomic E-state index is 6.63. The zero-order valence-electron chi connectivity index (χ0n) is 14.7. The molecule has 6 unspecified atom stereocenters. The number of hydrogen-bond donors (Lipinski definition) is 1. The third-order valence-electron chi connectivity index (χ3n) is 6.05. The van der Waals surface area contributed by atoms with Crippen molar-refractivity contribution in [3.8, 4) is 0 Å². The maximum Gasteiger partial charge on any atom is 0.0734 e. The van der Waals surface area contributed by atoms with Crippen LogP contribution in [0.5, 0.6) is 0 Å². The van der Waals surface area contributed by atoms with Crippen molar-refractivity contribution in [3.63, 3.8) is 0 Å². The zero-order valence-corrected chi connectivity index (χ0v) is 14.7. The minimum Gasteiger partial charge on any atom is -0.373 e. The molecule has 2 aliphatic carbocycles. The fourth-order valence-corrected chi connectivity index (χ4v) is 4.17. The summed E-state index contributed by atoms with van der Waals surface area (Å²) >= 11 is 0. The molecule has 0 aliphatic heterocycles. The van der Waals surface area contributed by atoms with Crippen molar-refractivity contribution in [2.45, 2.75) is 97.3 Å². The van der Waals surface area contributed by atoms with Gasteiger partial charge in [0, 0.05) is 6.04 Å². The van der Waals surface area contributed by atoms with Crippen LogP contribution in [-0.2, 0) is 4.74 Å². The summed E-state index contributed by atoms with van der Waals surface area (Å²) in [4.78, 5) is 0. The lowest BCUT2D eigenvalue weighted by Gasteiger charge is -2.41. The van der Waals surface area contributed by atoms with Gasteiger partial charge in [0.25, 0.3) is 0 Å². The molecule has 0 aromatic rings. The minimum atomic E-state index is 0.459. The fraction of sp³-hybridized carbons (Fsp3) is 1.00. The third kappa shape index (κ3) is 4.96. The molecule has 1 N–H and O–H groups in total. The first-order chi connectivity index (χ1) is 10.1. The molecule has 124 valence electrons. The van der Waals surface area contributed by atoms with Gasteiger partial charge in [-0.05, 0) is 69.2 Å². The van der Waals surface area contributed by atoms with E-state index in [1.807, 2.05) is 0 Å². The largest absolute Gasteiger partial charge is 0.373 e. The lowest BCUT2D eigenvalue weighted by molar-refractivity contribution is -0.0819. The van der Waals surface area contributed by atoms with Crippen LogP contribution in [0, 0.1) is 17.8 Å². The molecule has 0 heterocycles. The van der Waals surface area contributed by atoms with Crippen molar-refractivity contribution in [2.24, 2.45) is 17.8 Å². The second kappa shape index (κ2) is 8.53. The van der Waals surface area contributed by atoms with Crippen LogP contribution < -0.4 is 5.32 Å². The Bertz CT molecular complexity index is 293. The molecule has 2 rings (SSSR count). The summed E-state index contributed by atoms with van der Waals surface area (Å²) in [6.45, 7) is 10.5. The summed E-state index contributed by atoms with van der Waals surface area (Å²) in [7, 11) is 0. The normalized spacial score (nSPS) is 41.1. The second-order valence-electron chi connectivity index (χ2n) is 7.71. The molecule has 2 aliphatic rings. The first kappa shape index (κ1) is 17.3. The molecule has 0 bridgehead atoms. The van der Waals surface area contributed by atoms with Gasteiger partial charge < -0.3 is 10.1 Å². The van der Waals surface area contributed by atoms with Crippen LogP contribution in [0.3, 0.4) is 0 Å². The molecule has 2 heteroatoms. The molecule has 0 aromatic carbocycles. The topological polar surface area (TPSA) is 21.3 Å². The van der Waals surface area contributed by atoms with E-state index in [0.29, 0.717) is 18.2 Å². The van der Waals surface area contributed by atoms with Crippen LogP contribution in [0.4, 0.5) is 0 Å². The van der Waals surface area contributed by atoms with Gasteiger partial charge in [0.2, 0.25) is 0 Å². The first-order valence-corrected chi connectivity index (χ1v) is 9.52. The van der Waals surface area contributed by atoms with Crippen LogP contribution in [-0.4, -0.2) is 24.8 Å². The summed E-state index contributed by atoms with van der Waals surface area (Å²) in [6, 6.07) is 0.599. The molecule has 2 nitrogen and oxygen atoms in total. The highest BCUT2D eigenvalue weighted by Gasteiger charge is 2.34. The van der Waals surface area contributed by atoms with Crippen LogP contribution in [0.1, 0.15) is 79.1 Å². The lowest BCUT2D eigenvalue weighted by atomic mass is 9.79. The molecule has 2 fully saturated rings. The minimum absolute atomic E-state index is 0.459. The van der Waals surface area contributed by atoms with E-state index in [0.717, 1.165) is 24.3 Å². The Labute approximate surface area is 132 Å². The van der Waals surface area contributed by atoms with E-state index < -0.39 is 0 Å². The SMILES string of the molecule is CCCNC1CCC(CC)CC1OC1CCC(C)C(C)C1. The highest BCUT2D eigenvalue weighted by atomic mass is 16.5. The lowest BCUT2D eigenvalue weighted by Crippen LogP contribution is -2.47. The van der Waals surface area contributed by atoms with Crippen LogP contribution >= 0.6 is 0 Å². The van der Waals surface area contributed by atoms with Gasteiger partial charge in [-0.25, -0.2) is 0 Å². The average molecular weight is 296 g/mol. The molecule has 0 saturated heterocycles. The van der Waals surface area contributed by atoms with Crippen molar-refractivity contribution in [1.82, 2.24) is 5.32 Å². The molecule has 0 spiro atoms. The third-order valence-corrected chi connectivity index (χ3v) is 6.05. The quantitative estimate of drug-likeness (QED) is 0.762. The molecule has 21 heavy (non-hydrogen) atoms. The predicted octanol–water partition coefficient (Wildman–Crippen LogP) is 4.77. The average Bonchev–Trinajstić information content (AvgIpc) is 2.49. The summed E-state index contributed by atoms with van der Waals surface area (Å²) in [5, 5.41) is 3.75. The zero-order chi connectivity index (χ0) is 15.2. The molecule has 2 saturated carbocycles. The van der Waals surface area contributed by atoms with E-state index in [4.69, 9.17) is 4.74 Å². The number of hydrogen-bond acceptors (Lipinski definition) is 2. The predicted molar refractivity (Wildman–Crippen MR) is 90.6 cm³/mol. The Kier molecular flexibility index (Phi) is 7.01. The summed E-state index contributed by atoms with van der Waals surface area (Å²) < 4.78 is 6.63. The Morgan fingerprint density at radius 3 is 2.43 bits per heavy atom. The monoisotopic (exact) mass is 295 g/mol. The molecule has 0 aromatic heterocycles. The molecular weight excluding hydrogens is 258 g/mol. The van der Waals surface area contributed by atoms with E-state index in [1.165, 1.54) is 51.4 Å². The van der Waals surface area contributed by atoms with Gasteiger partial charge in [0.1, 0.15) is 0 Å². The molecular formula is C19H37NO. The van der Waals surface area contributed by atoms with Gasteiger partial charge >= 0.3 is 0 Å². The summed E-state index contributed by atoms with van der Waals surface area (Å²) in [5.41, 5.74) is 0. The second-order valence-corrected chi connectivity index (χ2v) is 7.71. The highest BCUT2D eigenvalue weighted by molar-refractivity contribution is 4.87. The molecule has 0 amide bonds. The highest BCUT2D eigenvalue weighted by Crippen LogP contribution is 2.35.